The molecule has 0 unspecified atom stereocenters. The highest BCUT2D eigenvalue weighted by molar-refractivity contribution is 9.11. The first kappa shape index (κ1) is 43.4. The molecular formula is C48H40Br2N4O8. The largest absolute Gasteiger partial charge is 0.462 e. The predicted molar refractivity (Wildman–Crippen MR) is 242 cm³/mol. The lowest BCUT2D eigenvalue weighted by Crippen LogP contribution is -2.05. The first-order chi connectivity index (χ1) is 30.0. The highest BCUT2D eigenvalue weighted by atomic mass is 79.9. The lowest BCUT2D eigenvalue weighted by molar-refractivity contribution is 0.0517. The van der Waals surface area contributed by atoms with Crippen LogP contribution in [0.4, 0.5) is 0 Å². The van der Waals surface area contributed by atoms with Gasteiger partial charge in [0, 0.05) is 36.8 Å². The van der Waals surface area contributed by atoms with Crippen molar-refractivity contribution in [3.8, 4) is 62.4 Å². The first-order valence-electron chi connectivity index (χ1n) is 19.8. The monoisotopic (exact) mass is 958 g/mol. The molecule has 62 heavy (non-hydrogen) atoms. The van der Waals surface area contributed by atoms with Crippen LogP contribution in [-0.4, -0.2) is 69.8 Å². The molecule has 2 aromatic heterocycles. The Labute approximate surface area is 374 Å². The van der Waals surface area contributed by atoms with E-state index in [1.54, 1.807) is 88.4 Å². The molecule has 0 aliphatic heterocycles. The van der Waals surface area contributed by atoms with E-state index < -0.39 is 23.9 Å². The molecule has 7 rings (SSSR count). The fourth-order valence-electron chi connectivity index (χ4n) is 6.75. The van der Waals surface area contributed by atoms with Crippen molar-refractivity contribution < 1.29 is 38.1 Å². The minimum Gasteiger partial charge on any atom is -0.462 e. The molecule has 0 atom stereocenters. The Balaban J connectivity index is 1.52. The van der Waals surface area contributed by atoms with Crippen LogP contribution in [0.2, 0.25) is 0 Å². The van der Waals surface area contributed by atoms with Gasteiger partial charge in [-0.2, -0.15) is 0 Å². The van der Waals surface area contributed by atoms with Crippen LogP contribution in [0.15, 0.2) is 124 Å². The molecule has 0 aliphatic carbocycles. The number of halogens is 2. The number of hydrogen-bond donors (Lipinski definition) is 1. The molecule has 0 radical (unpaired) electrons. The minimum atomic E-state index is -0.454. The Kier molecular flexibility index (Phi) is 13.6. The number of ether oxygens (including phenoxy) is 4. The molecule has 0 fully saturated rings. The Morgan fingerprint density at radius 1 is 0.516 bits per heavy atom. The third-order valence-electron chi connectivity index (χ3n) is 9.65. The molecule has 14 heteroatoms. The van der Waals surface area contributed by atoms with Crippen LogP contribution < -0.4 is 0 Å². The maximum atomic E-state index is 12.8. The van der Waals surface area contributed by atoms with Crippen LogP contribution in [0.1, 0.15) is 69.1 Å². The smallest absolute Gasteiger partial charge is 0.338 e. The number of hydrogen-bond acceptors (Lipinski definition) is 10. The second-order valence-electron chi connectivity index (χ2n) is 13.6. The second kappa shape index (κ2) is 19.4. The van der Waals surface area contributed by atoms with E-state index >= 15 is 0 Å². The maximum absolute atomic E-state index is 12.8. The third-order valence-corrected chi connectivity index (χ3v) is 10.8. The summed E-state index contributed by atoms with van der Waals surface area (Å²) in [6.45, 7) is 7.95. The number of rotatable bonds is 14. The van der Waals surface area contributed by atoms with Crippen molar-refractivity contribution in [1.82, 2.24) is 19.5 Å². The van der Waals surface area contributed by atoms with Gasteiger partial charge in [-0.25, -0.2) is 29.1 Å². The zero-order chi connectivity index (χ0) is 43.9. The zero-order valence-corrected chi connectivity index (χ0v) is 37.3. The molecule has 7 aromatic rings. The molecule has 314 valence electrons. The van der Waals surface area contributed by atoms with E-state index in [4.69, 9.17) is 28.9 Å². The Bertz CT molecular complexity index is 2680. The van der Waals surface area contributed by atoms with Crippen molar-refractivity contribution in [2.24, 2.45) is 0 Å². The van der Waals surface area contributed by atoms with E-state index in [0.29, 0.717) is 79.1 Å². The highest BCUT2D eigenvalue weighted by Crippen LogP contribution is 2.42. The van der Waals surface area contributed by atoms with Gasteiger partial charge in [-0.3, -0.25) is 4.57 Å². The molecule has 0 spiro atoms. The maximum Gasteiger partial charge on any atom is 0.338 e. The summed E-state index contributed by atoms with van der Waals surface area (Å²) in [5, 5.41) is 0. The Morgan fingerprint density at radius 2 is 0.919 bits per heavy atom. The SMILES string of the molecule is CCOC(=O)c1ccc(-c2nc(-n3c(-c4ccc(Br)cc4Br)nc(-c4ccc(C(=O)OCC)cc4)c3-c3ccc(C(=O)OCC)cc3)[nH]c2-c2ccc(C(=O)OCC)cc2)cc1. The number of aromatic amines is 1. The number of esters is 4. The average molecular weight is 961 g/mol. The van der Waals surface area contributed by atoms with Gasteiger partial charge in [0.2, 0.25) is 5.95 Å². The van der Waals surface area contributed by atoms with E-state index in [2.05, 4.69) is 36.8 Å². The lowest BCUT2D eigenvalue weighted by Gasteiger charge is -2.13. The van der Waals surface area contributed by atoms with Gasteiger partial charge in [0.25, 0.3) is 0 Å². The van der Waals surface area contributed by atoms with Crippen molar-refractivity contribution in [2.75, 3.05) is 26.4 Å². The molecule has 0 amide bonds. The Morgan fingerprint density at radius 3 is 1.34 bits per heavy atom. The second-order valence-corrected chi connectivity index (χ2v) is 15.3. The summed E-state index contributed by atoms with van der Waals surface area (Å²) in [4.78, 5) is 65.0. The summed E-state index contributed by atoms with van der Waals surface area (Å²) < 4.78 is 24.5. The summed E-state index contributed by atoms with van der Waals surface area (Å²) in [5.41, 5.74) is 7.33. The van der Waals surface area contributed by atoms with Crippen molar-refractivity contribution in [3.63, 3.8) is 0 Å². The molecule has 1 N–H and O–H groups in total. The number of aromatic nitrogens is 4. The summed E-state index contributed by atoms with van der Waals surface area (Å²) in [6.07, 6.45) is 0. The van der Waals surface area contributed by atoms with Gasteiger partial charge in [0.05, 0.1) is 71.5 Å². The molecule has 5 aromatic carbocycles. The number of carbonyl (C=O) groups is 4. The Hall–Kier alpha value is -6.64. The summed E-state index contributed by atoms with van der Waals surface area (Å²) in [5.74, 6) is -0.912. The number of benzene rings is 5. The van der Waals surface area contributed by atoms with Gasteiger partial charge < -0.3 is 23.9 Å². The summed E-state index contributed by atoms with van der Waals surface area (Å²) in [7, 11) is 0. The van der Waals surface area contributed by atoms with Crippen LogP contribution in [0, 0.1) is 0 Å². The van der Waals surface area contributed by atoms with E-state index in [1.807, 2.05) is 59.2 Å². The summed E-state index contributed by atoms with van der Waals surface area (Å²) in [6, 6.07) is 33.8. The highest BCUT2D eigenvalue weighted by Gasteiger charge is 2.28. The van der Waals surface area contributed by atoms with Crippen LogP contribution in [-0.2, 0) is 18.9 Å². The van der Waals surface area contributed by atoms with Crippen molar-refractivity contribution in [3.05, 3.63) is 146 Å². The van der Waals surface area contributed by atoms with E-state index in [1.165, 1.54) is 0 Å². The van der Waals surface area contributed by atoms with Gasteiger partial charge in [-0.05, 0) is 110 Å². The van der Waals surface area contributed by atoms with Crippen molar-refractivity contribution in [2.45, 2.75) is 27.7 Å². The van der Waals surface area contributed by atoms with Gasteiger partial charge in [0.15, 0.2) is 0 Å². The van der Waals surface area contributed by atoms with E-state index in [9.17, 15) is 19.2 Å². The average Bonchev–Trinajstić information content (AvgIpc) is 3.90. The molecule has 0 saturated carbocycles. The minimum absolute atomic E-state index is 0.227. The number of carbonyl (C=O) groups excluding carboxylic acids is 4. The molecule has 2 heterocycles. The number of H-pyrrole nitrogens is 1. The normalized spacial score (nSPS) is 10.9. The quantitative estimate of drug-likeness (QED) is 0.0823. The fraction of sp³-hybridized carbons (Fsp3) is 0.167. The molecule has 0 aliphatic rings. The number of nitrogens with zero attached hydrogens (tertiary/aromatic N) is 3. The predicted octanol–water partition coefficient (Wildman–Crippen LogP) is 11.2. The fourth-order valence-corrected chi connectivity index (χ4v) is 7.98. The molecule has 0 bridgehead atoms. The van der Waals surface area contributed by atoms with Crippen LogP contribution in [0.5, 0.6) is 0 Å². The van der Waals surface area contributed by atoms with E-state index in [0.717, 1.165) is 14.5 Å². The van der Waals surface area contributed by atoms with Gasteiger partial charge >= 0.3 is 23.9 Å². The molecule has 0 saturated heterocycles. The van der Waals surface area contributed by atoms with Gasteiger partial charge in [0.1, 0.15) is 5.82 Å². The van der Waals surface area contributed by atoms with Gasteiger partial charge in [-0.15, -0.1) is 0 Å². The third kappa shape index (κ3) is 9.16. The van der Waals surface area contributed by atoms with Gasteiger partial charge in [-0.1, -0.05) is 64.5 Å². The topological polar surface area (TPSA) is 152 Å². The summed E-state index contributed by atoms with van der Waals surface area (Å²) >= 11 is 7.36. The van der Waals surface area contributed by atoms with Crippen molar-refractivity contribution in [1.29, 1.82) is 0 Å². The van der Waals surface area contributed by atoms with Crippen LogP contribution in [0.3, 0.4) is 0 Å². The first-order valence-corrected chi connectivity index (χ1v) is 21.4. The molecule has 12 nitrogen and oxygen atoms in total. The van der Waals surface area contributed by atoms with Crippen LogP contribution in [0.25, 0.3) is 62.4 Å². The van der Waals surface area contributed by atoms with E-state index in [-0.39, 0.29) is 26.4 Å². The zero-order valence-electron chi connectivity index (χ0n) is 34.2. The standard InChI is InChI=1S/C48H40Br2N4O8/c1-5-59-44(55)32-17-9-28(10-18-32)39-40(29-11-19-33(20-12-29)45(56)60-6-2)53-48(52-39)54-42(31-15-23-35(24-16-31)47(58)62-8-4)41(30-13-21-34(22-14-30)46(57)61-7-3)51-43(54)37-26-25-36(49)27-38(37)50/h9-27H,5-8H2,1-4H3,(H,52,53). The van der Waals surface area contributed by atoms with Crippen LogP contribution >= 0.6 is 31.9 Å². The lowest BCUT2D eigenvalue weighted by atomic mass is 10.0. The number of imidazole rings is 2. The van der Waals surface area contributed by atoms with Crippen molar-refractivity contribution >= 4 is 55.7 Å². The molecular weight excluding hydrogens is 920 g/mol. The number of nitrogens with one attached hydrogen (secondary N) is 1.